The Morgan fingerprint density at radius 3 is 2.64 bits per heavy atom. The molecule has 0 radical (unpaired) electrons. The fourth-order valence-electron chi connectivity index (χ4n) is 3.85. The van der Waals surface area contributed by atoms with Crippen LogP contribution in [0.2, 0.25) is 0 Å². The molecule has 2 fully saturated rings. The van der Waals surface area contributed by atoms with Gasteiger partial charge in [0.15, 0.2) is 6.10 Å². The van der Waals surface area contributed by atoms with Crippen molar-refractivity contribution < 1.29 is 19.2 Å². The molecule has 1 aliphatic carbocycles. The molecule has 1 saturated heterocycles. The van der Waals surface area contributed by atoms with Crippen molar-refractivity contribution in [2.45, 2.75) is 51.2 Å². The van der Waals surface area contributed by atoms with Crippen molar-refractivity contribution in [3.8, 4) is 5.75 Å². The van der Waals surface area contributed by atoms with Crippen LogP contribution in [0.15, 0.2) is 24.3 Å². The van der Waals surface area contributed by atoms with E-state index < -0.39 is 11.0 Å². The molecule has 1 heterocycles. The number of likely N-dealkylation sites (tertiary alicyclic amines) is 1. The van der Waals surface area contributed by atoms with Gasteiger partial charge in [-0.05, 0) is 31.9 Å². The zero-order chi connectivity index (χ0) is 18.0. The van der Waals surface area contributed by atoms with Gasteiger partial charge in [-0.25, -0.2) is 0 Å². The predicted molar refractivity (Wildman–Crippen MR) is 90.3 cm³/mol. The van der Waals surface area contributed by atoms with E-state index in [0.29, 0.717) is 18.7 Å². The second kappa shape index (κ2) is 7.21. The van der Waals surface area contributed by atoms with Crippen molar-refractivity contribution in [3.05, 3.63) is 34.4 Å². The Hall–Kier alpha value is -2.44. The number of nitrogens with zero attached hydrogens (tertiary/aromatic N) is 2. The Kier molecular flexibility index (Phi) is 5.01. The lowest BCUT2D eigenvalue weighted by Gasteiger charge is -2.43. The second-order valence-corrected chi connectivity index (χ2v) is 6.72. The number of non-ortho nitro benzene ring substituents is 1. The summed E-state index contributed by atoms with van der Waals surface area (Å²) in [7, 11) is 0. The smallest absolute Gasteiger partial charge is 0.269 e. The summed E-state index contributed by atoms with van der Waals surface area (Å²) in [5.41, 5.74) is -0.0223. The first kappa shape index (κ1) is 17.4. The topological polar surface area (TPSA) is 89.8 Å². The first-order valence-corrected chi connectivity index (χ1v) is 8.71. The van der Waals surface area contributed by atoms with Gasteiger partial charge >= 0.3 is 0 Å². The van der Waals surface area contributed by atoms with Crippen molar-refractivity contribution >= 4 is 17.4 Å². The summed E-state index contributed by atoms with van der Waals surface area (Å²) in [4.78, 5) is 37.0. The summed E-state index contributed by atoms with van der Waals surface area (Å²) in [5, 5.41) is 10.7. The van der Waals surface area contributed by atoms with E-state index in [2.05, 4.69) is 0 Å². The highest BCUT2D eigenvalue weighted by Gasteiger charge is 2.41. The average molecular weight is 346 g/mol. The number of nitro benzene ring substituents is 1. The molecular formula is C18H22N2O5. The minimum absolute atomic E-state index is 0.00888. The van der Waals surface area contributed by atoms with Crippen LogP contribution in [-0.2, 0) is 9.59 Å². The maximum Gasteiger partial charge on any atom is 0.269 e. The molecule has 1 amide bonds. The van der Waals surface area contributed by atoms with E-state index in [0.717, 1.165) is 25.7 Å². The molecule has 3 rings (SSSR count). The lowest BCUT2D eigenvalue weighted by Crippen LogP contribution is -2.56. The maximum atomic E-state index is 12.8. The first-order chi connectivity index (χ1) is 12.0. The van der Waals surface area contributed by atoms with E-state index in [-0.39, 0.29) is 29.3 Å². The van der Waals surface area contributed by atoms with Crippen LogP contribution >= 0.6 is 0 Å². The molecule has 7 heteroatoms. The monoisotopic (exact) mass is 346 g/mol. The van der Waals surface area contributed by atoms with Crippen molar-refractivity contribution in [2.24, 2.45) is 5.92 Å². The number of nitro groups is 1. The van der Waals surface area contributed by atoms with E-state index in [1.807, 2.05) is 0 Å². The number of carbonyl (C=O) groups excluding carboxylic acids is 2. The van der Waals surface area contributed by atoms with Gasteiger partial charge in [0.2, 0.25) is 0 Å². The second-order valence-electron chi connectivity index (χ2n) is 6.72. The minimum atomic E-state index is -0.697. The number of carbonyl (C=O) groups is 2. The minimum Gasteiger partial charge on any atom is -0.481 e. The number of fused-ring (bicyclic) bond motifs is 1. The SMILES string of the molecule is CC(Oc1ccc([N+](=O)[O-])cc1)C(=O)N1CCC(=O)C2CCCCC21. The Bertz CT molecular complexity index is 673. The van der Waals surface area contributed by atoms with Gasteiger partial charge in [0, 0.05) is 37.1 Å². The van der Waals surface area contributed by atoms with Gasteiger partial charge in [0.25, 0.3) is 11.6 Å². The van der Waals surface area contributed by atoms with E-state index >= 15 is 0 Å². The van der Waals surface area contributed by atoms with Crippen LogP contribution in [0.25, 0.3) is 0 Å². The van der Waals surface area contributed by atoms with E-state index in [4.69, 9.17) is 4.74 Å². The fourth-order valence-corrected chi connectivity index (χ4v) is 3.85. The Morgan fingerprint density at radius 2 is 1.96 bits per heavy atom. The van der Waals surface area contributed by atoms with Gasteiger partial charge in [0.05, 0.1) is 4.92 Å². The molecule has 0 spiro atoms. The summed E-state index contributed by atoms with van der Waals surface area (Å²) in [6.07, 6.45) is 3.53. The number of rotatable bonds is 4. The van der Waals surface area contributed by atoms with E-state index in [9.17, 15) is 19.7 Å². The molecule has 0 bridgehead atoms. The molecule has 1 saturated carbocycles. The molecule has 0 N–H and O–H groups in total. The van der Waals surface area contributed by atoms with Crippen LogP contribution in [0, 0.1) is 16.0 Å². The zero-order valence-electron chi connectivity index (χ0n) is 14.2. The molecule has 1 aliphatic heterocycles. The quantitative estimate of drug-likeness (QED) is 0.618. The van der Waals surface area contributed by atoms with Crippen LogP contribution in [0.5, 0.6) is 5.75 Å². The van der Waals surface area contributed by atoms with Crippen molar-refractivity contribution in [1.82, 2.24) is 4.90 Å². The van der Waals surface area contributed by atoms with Crippen molar-refractivity contribution in [1.29, 1.82) is 0 Å². The average Bonchev–Trinajstić information content (AvgIpc) is 2.62. The highest BCUT2D eigenvalue weighted by Crippen LogP contribution is 2.34. The first-order valence-electron chi connectivity index (χ1n) is 8.71. The molecule has 3 unspecified atom stereocenters. The summed E-state index contributed by atoms with van der Waals surface area (Å²) in [6, 6.07) is 5.67. The Morgan fingerprint density at radius 1 is 1.28 bits per heavy atom. The van der Waals surface area contributed by atoms with Gasteiger partial charge < -0.3 is 9.64 Å². The summed E-state index contributed by atoms with van der Waals surface area (Å²) in [6.45, 7) is 2.13. The fraction of sp³-hybridized carbons (Fsp3) is 0.556. The predicted octanol–water partition coefficient (Wildman–Crippen LogP) is 2.72. The van der Waals surface area contributed by atoms with Crippen LogP contribution in [0.4, 0.5) is 5.69 Å². The molecule has 2 aliphatic rings. The number of amides is 1. The third kappa shape index (κ3) is 3.65. The normalized spacial score (nSPS) is 24.4. The number of ether oxygens (including phenoxy) is 1. The number of piperidine rings is 1. The number of benzene rings is 1. The summed E-state index contributed by atoms with van der Waals surface area (Å²) >= 11 is 0. The number of hydrogen-bond acceptors (Lipinski definition) is 5. The van der Waals surface area contributed by atoms with Gasteiger partial charge in [-0.2, -0.15) is 0 Å². The van der Waals surface area contributed by atoms with E-state index in [1.54, 1.807) is 11.8 Å². The van der Waals surface area contributed by atoms with Crippen molar-refractivity contribution in [3.63, 3.8) is 0 Å². The molecule has 25 heavy (non-hydrogen) atoms. The van der Waals surface area contributed by atoms with Gasteiger partial charge in [0.1, 0.15) is 11.5 Å². The molecule has 1 aromatic rings. The standard InChI is InChI=1S/C18H22N2O5/c1-12(25-14-8-6-13(7-9-14)20(23)24)18(22)19-11-10-17(21)15-4-2-3-5-16(15)19/h6-9,12,15-16H,2-5,10-11H2,1H3. The third-order valence-electron chi connectivity index (χ3n) is 5.13. The van der Waals surface area contributed by atoms with Crippen molar-refractivity contribution in [2.75, 3.05) is 6.54 Å². The molecule has 1 aromatic carbocycles. The lowest BCUT2D eigenvalue weighted by atomic mass is 9.77. The third-order valence-corrected chi connectivity index (χ3v) is 5.13. The van der Waals surface area contributed by atoms with Gasteiger partial charge in [-0.1, -0.05) is 12.8 Å². The number of ketones is 1. The van der Waals surface area contributed by atoms with Gasteiger partial charge in [-0.15, -0.1) is 0 Å². The Balaban J connectivity index is 1.67. The van der Waals surface area contributed by atoms with Gasteiger partial charge in [-0.3, -0.25) is 19.7 Å². The largest absolute Gasteiger partial charge is 0.481 e. The van der Waals surface area contributed by atoms with Crippen LogP contribution in [0.1, 0.15) is 39.0 Å². The van der Waals surface area contributed by atoms with E-state index in [1.165, 1.54) is 24.3 Å². The molecule has 0 aromatic heterocycles. The number of Topliss-reactive ketones (excluding diaryl/α,β-unsaturated/α-hetero) is 1. The molecule has 3 atom stereocenters. The highest BCUT2D eigenvalue weighted by atomic mass is 16.6. The summed E-state index contributed by atoms with van der Waals surface area (Å²) < 4.78 is 5.67. The Labute approximate surface area is 146 Å². The zero-order valence-corrected chi connectivity index (χ0v) is 14.2. The van der Waals surface area contributed by atoms with Crippen LogP contribution in [-0.4, -0.2) is 40.2 Å². The summed E-state index contributed by atoms with van der Waals surface area (Å²) in [5.74, 6) is 0.540. The molecular weight excluding hydrogens is 324 g/mol. The molecule has 7 nitrogen and oxygen atoms in total. The van der Waals surface area contributed by atoms with Crippen LogP contribution < -0.4 is 4.74 Å². The maximum absolute atomic E-state index is 12.8. The highest BCUT2D eigenvalue weighted by molar-refractivity contribution is 5.87. The molecule has 134 valence electrons. The van der Waals surface area contributed by atoms with Crippen LogP contribution in [0.3, 0.4) is 0 Å². The number of hydrogen-bond donors (Lipinski definition) is 0. The lowest BCUT2D eigenvalue weighted by molar-refractivity contribution is -0.384.